The molecule has 1 aliphatic heterocycles. The molecule has 1 heterocycles. The monoisotopic (exact) mass is 381 g/mol. The van der Waals surface area contributed by atoms with Crippen molar-refractivity contribution in [3.63, 3.8) is 0 Å². The number of alkyl halides is 6. The van der Waals surface area contributed by atoms with Crippen LogP contribution in [0.3, 0.4) is 0 Å². The highest BCUT2D eigenvalue weighted by Gasteiger charge is 2.82. The van der Waals surface area contributed by atoms with Crippen LogP contribution in [0, 0.1) is 5.41 Å². The predicted octanol–water partition coefficient (Wildman–Crippen LogP) is 2.53. The number of cyclic esters (lactones) is 1. The Morgan fingerprint density at radius 2 is 1.68 bits per heavy atom. The summed E-state index contributed by atoms with van der Waals surface area (Å²) in [5, 5.41) is 8.52. The second kappa shape index (κ2) is 6.63. The Kier molecular flexibility index (Phi) is 5.70. The fourth-order valence-electron chi connectivity index (χ4n) is 2.19. The summed E-state index contributed by atoms with van der Waals surface area (Å²) in [6.45, 7) is 2.58. The number of ether oxygens (including phenoxy) is 2. The van der Waals surface area contributed by atoms with Crippen LogP contribution in [0.15, 0.2) is 0 Å². The molecule has 0 aliphatic carbocycles. The molecule has 1 fully saturated rings. The molecule has 0 radical (unpaired) electrons. The number of carbonyl (C=O) groups excluding carboxylic acids is 1. The Morgan fingerprint density at radius 1 is 1.20 bits per heavy atom. The van der Waals surface area contributed by atoms with Crippen molar-refractivity contribution in [2.24, 2.45) is 5.41 Å². The summed E-state index contributed by atoms with van der Waals surface area (Å²) < 4.78 is 88.1. The molecule has 0 spiro atoms. The maximum atomic E-state index is 13.3. The van der Waals surface area contributed by atoms with Gasteiger partial charge in [-0.05, 0) is 11.8 Å². The van der Waals surface area contributed by atoms with E-state index in [1.807, 2.05) is 0 Å². The van der Waals surface area contributed by atoms with E-state index < -0.39 is 54.8 Å². The summed E-state index contributed by atoms with van der Waals surface area (Å²) in [5.74, 6) is -3.62. The number of nitrogens with zero attached hydrogens (tertiary/aromatic N) is 1. The summed E-state index contributed by atoms with van der Waals surface area (Å²) >= 11 is 0. The molecule has 12 heteroatoms. The number of hydrogen-bond acceptors (Lipinski definition) is 5. The smallest absolute Gasteiger partial charge is 0.453 e. The van der Waals surface area contributed by atoms with Crippen LogP contribution in [-0.2, 0) is 19.1 Å². The highest BCUT2D eigenvalue weighted by atomic mass is 19.4. The minimum Gasteiger partial charge on any atom is -0.480 e. The van der Waals surface area contributed by atoms with Crippen LogP contribution in [0.2, 0.25) is 0 Å². The largest absolute Gasteiger partial charge is 0.480 e. The average molecular weight is 381 g/mol. The van der Waals surface area contributed by atoms with Crippen molar-refractivity contribution in [3.8, 4) is 0 Å². The third-order valence-corrected chi connectivity index (χ3v) is 3.37. The lowest BCUT2D eigenvalue weighted by molar-refractivity contribution is -0.405. The molecule has 6 nitrogen and oxygen atoms in total. The van der Waals surface area contributed by atoms with E-state index in [0.29, 0.717) is 0 Å². The molecule has 0 aromatic carbocycles. The van der Waals surface area contributed by atoms with Crippen LogP contribution >= 0.6 is 0 Å². The quantitative estimate of drug-likeness (QED) is 0.583. The van der Waals surface area contributed by atoms with Gasteiger partial charge in [0.1, 0.15) is 6.61 Å². The van der Waals surface area contributed by atoms with Crippen LogP contribution in [0.5, 0.6) is 0 Å². The topological polar surface area (TPSA) is 76.1 Å². The molecule has 0 aromatic rings. The fraction of sp³-hybridized carbons (Fsp3) is 0.846. The normalized spacial score (nSPS) is 22.1. The fourth-order valence-corrected chi connectivity index (χ4v) is 2.19. The molecular formula is C13H17F6NO5. The molecule has 1 rings (SSSR count). The van der Waals surface area contributed by atoms with Gasteiger partial charge in [0.25, 0.3) is 0 Å². The lowest BCUT2D eigenvalue weighted by Gasteiger charge is -2.39. The summed E-state index contributed by atoms with van der Waals surface area (Å²) in [6.07, 6.45) is -14.6. The van der Waals surface area contributed by atoms with E-state index in [-0.39, 0.29) is 11.3 Å². The van der Waals surface area contributed by atoms with Gasteiger partial charge in [0.2, 0.25) is 6.23 Å². The van der Waals surface area contributed by atoms with Gasteiger partial charge in [-0.25, -0.2) is 14.5 Å². The van der Waals surface area contributed by atoms with Gasteiger partial charge in [-0.1, -0.05) is 20.8 Å². The molecule has 0 saturated carbocycles. The standard InChI is InChI=1S/C13H17F6NO5/c1-10(2,3)4-5-20-8(24-6-7(21)22)9(23)25-11(20,12(14,15)16)13(17,18)19/h8H,4-6H2,1-3H3,(H,21,22). The van der Waals surface area contributed by atoms with Crippen LogP contribution in [0.1, 0.15) is 27.2 Å². The van der Waals surface area contributed by atoms with E-state index in [4.69, 9.17) is 5.11 Å². The maximum Gasteiger partial charge on any atom is 0.453 e. The van der Waals surface area contributed by atoms with Crippen molar-refractivity contribution in [2.45, 2.75) is 51.5 Å². The van der Waals surface area contributed by atoms with Gasteiger partial charge >= 0.3 is 30.0 Å². The van der Waals surface area contributed by atoms with Gasteiger partial charge in [0, 0.05) is 6.54 Å². The molecular weight excluding hydrogens is 364 g/mol. The molecule has 1 unspecified atom stereocenters. The van der Waals surface area contributed by atoms with Crippen molar-refractivity contribution < 1.29 is 50.5 Å². The Balaban J connectivity index is 3.37. The molecule has 1 aliphatic rings. The van der Waals surface area contributed by atoms with Crippen LogP contribution in [0.25, 0.3) is 0 Å². The highest BCUT2D eigenvalue weighted by molar-refractivity contribution is 5.78. The first-order chi connectivity index (χ1) is 11.0. The van der Waals surface area contributed by atoms with Crippen LogP contribution in [-0.4, -0.2) is 59.4 Å². The first-order valence-corrected chi connectivity index (χ1v) is 6.99. The summed E-state index contributed by atoms with van der Waals surface area (Å²) in [6, 6.07) is 0. The summed E-state index contributed by atoms with van der Waals surface area (Å²) in [7, 11) is 0. The van der Waals surface area contributed by atoms with Gasteiger partial charge < -0.3 is 14.6 Å². The minimum absolute atomic E-state index is 0.176. The van der Waals surface area contributed by atoms with Gasteiger partial charge in [0.15, 0.2) is 0 Å². The molecule has 0 amide bonds. The van der Waals surface area contributed by atoms with Crippen molar-refractivity contribution >= 4 is 11.9 Å². The van der Waals surface area contributed by atoms with Gasteiger partial charge in [0.05, 0.1) is 0 Å². The van der Waals surface area contributed by atoms with Crippen molar-refractivity contribution in [1.29, 1.82) is 0 Å². The molecule has 146 valence electrons. The van der Waals surface area contributed by atoms with Crippen molar-refractivity contribution in [3.05, 3.63) is 0 Å². The van der Waals surface area contributed by atoms with E-state index in [9.17, 15) is 35.9 Å². The van der Waals surface area contributed by atoms with E-state index in [0.717, 1.165) is 0 Å². The summed E-state index contributed by atoms with van der Waals surface area (Å²) in [5.41, 5.74) is -5.57. The molecule has 0 aromatic heterocycles. The third-order valence-electron chi connectivity index (χ3n) is 3.37. The zero-order valence-corrected chi connectivity index (χ0v) is 13.5. The van der Waals surface area contributed by atoms with Crippen molar-refractivity contribution in [1.82, 2.24) is 4.90 Å². The van der Waals surface area contributed by atoms with E-state index in [2.05, 4.69) is 9.47 Å². The molecule has 1 N–H and O–H groups in total. The van der Waals surface area contributed by atoms with Gasteiger partial charge in [-0.2, -0.15) is 26.3 Å². The summed E-state index contributed by atoms with van der Waals surface area (Å²) in [4.78, 5) is 21.8. The number of hydrogen-bond donors (Lipinski definition) is 1. The first kappa shape index (κ1) is 21.5. The second-order valence-electron chi connectivity index (χ2n) is 6.62. The zero-order valence-electron chi connectivity index (χ0n) is 13.5. The van der Waals surface area contributed by atoms with Crippen molar-refractivity contribution in [2.75, 3.05) is 13.2 Å². The minimum atomic E-state index is -6.01. The SMILES string of the molecule is CC(C)(C)CCN1C(OCC(=O)O)C(=O)OC1(C(F)(F)F)C(F)(F)F. The van der Waals surface area contributed by atoms with E-state index in [1.165, 1.54) is 0 Å². The molecule has 25 heavy (non-hydrogen) atoms. The van der Waals surface area contributed by atoms with Gasteiger partial charge in [-0.15, -0.1) is 0 Å². The average Bonchev–Trinajstić information content (AvgIpc) is 2.65. The maximum absolute atomic E-state index is 13.3. The molecule has 1 saturated heterocycles. The lowest BCUT2D eigenvalue weighted by atomic mass is 9.91. The number of esters is 1. The number of halogens is 6. The van der Waals surface area contributed by atoms with Crippen LogP contribution < -0.4 is 0 Å². The number of carbonyl (C=O) groups is 2. The zero-order chi connectivity index (χ0) is 19.8. The Hall–Kier alpha value is -1.56. The highest BCUT2D eigenvalue weighted by Crippen LogP contribution is 2.52. The molecule has 1 atom stereocenters. The van der Waals surface area contributed by atoms with Crippen LogP contribution in [0.4, 0.5) is 26.3 Å². The Bertz CT molecular complexity index is 510. The predicted molar refractivity (Wildman–Crippen MR) is 69.1 cm³/mol. The van der Waals surface area contributed by atoms with E-state index in [1.54, 1.807) is 20.8 Å². The number of rotatable bonds is 5. The number of carboxylic acid groups (broad SMARTS) is 1. The molecule has 0 bridgehead atoms. The Morgan fingerprint density at radius 3 is 2.04 bits per heavy atom. The number of carboxylic acids is 1. The lowest BCUT2D eigenvalue weighted by Crippen LogP contribution is -2.67. The third kappa shape index (κ3) is 4.35. The van der Waals surface area contributed by atoms with Gasteiger partial charge in [-0.3, -0.25) is 0 Å². The number of aliphatic carboxylic acids is 1. The second-order valence-corrected chi connectivity index (χ2v) is 6.62. The first-order valence-electron chi connectivity index (χ1n) is 6.99. The van der Waals surface area contributed by atoms with E-state index >= 15 is 0 Å². The Labute approximate surface area is 138 Å².